The lowest BCUT2D eigenvalue weighted by molar-refractivity contribution is -0.144. The zero-order valence-corrected chi connectivity index (χ0v) is 24.8. The number of rotatable bonds is 6. The van der Waals surface area contributed by atoms with Crippen molar-refractivity contribution in [1.82, 2.24) is 9.73 Å². The number of carbonyl (C=O) groups excluding carboxylic acids is 1. The second-order valence-electron chi connectivity index (χ2n) is 10.3. The van der Waals surface area contributed by atoms with Crippen LogP contribution in [0.1, 0.15) is 37.8 Å². The summed E-state index contributed by atoms with van der Waals surface area (Å²) in [7, 11) is -2.86. The Hall–Kier alpha value is -3.40. The van der Waals surface area contributed by atoms with E-state index in [-0.39, 0.29) is 23.3 Å². The minimum Gasteiger partial charge on any atom is -0.467 e. The highest BCUT2D eigenvalue weighted by molar-refractivity contribution is 7.90. The summed E-state index contributed by atoms with van der Waals surface area (Å²) in [6, 6.07) is 21.8. The number of esters is 1. The second-order valence-corrected chi connectivity index (χ2v) is 12.9. The fraction of sp³-hybridized carbons (Fsp3) is 0.276. The molecule has 0 aromatic heterocycles. The Balaban J connectivity index is 1.84. The van der Waals surface area contributed by atoms with Gasteiger partial charge in [0.15, 0.2) is 6.04 Å². The molecule has 210 valence electrons. The van der Waals surface area contributed by atoms with Gasteiger partial charge >= 0.3 is 5.97 Å². The fourth-order valence-corrected chi connectivity index (χ4v) is 5.50. The van der Waals surface area contributed by atoms with Crippen LogP contribution in [0.25, 0.3) is 0 Å². The molecule has 1 aliphatic rings. The number of ether oxygens (including phenoxy) is 1. The van der Waals surface area contributed by atoms with Crippen LogP contribution in [0.15, 0.2) is 93.9 Å². The number of sulfonamides is 1. The molecule has 0 amide bonds. The molecule has 2 unspecified atom stereocenters. The van der Waals surface area contributed by atoms with Crippen molar-refractivity contribution < 1.29 is 17.9 Å². The van der Waals surface area contributed by atoms with Crippen molar-refractivity contribution in [2.24, 2.45) is 15.5 Å². The van der Waals surface area contributed by atoms with Gasteiger partial charge in [0, 0.05) is 16.0 Å². The van der Waals surface area contributed by atoms with Gasteiger partial charge in [-0.05, 0) is 52.9 Å². The van der Waals surface area contributed by atoms with E-state index in [2.05, 4.69) is 9.71 Å². The van der Waals surface area contributed by atoms with E-state index in [4.69, 9.17) is 33.0 Å². The number of methoxy groups -OCH3 is 1. The van der Waals surface area contributed by atoms with Crippen LogP contribution < -0.4 is 4.72 Å². The summed E-state index contributed by atoms with van der Waals surface area (Å²) in [5, 5.41) is 7.30. The largest absolute Gasteiger partial charge is 0.467 e. The molecule has 4 rings (SSSR count). The Morgan fingerprint density at radius 1 is 1.00 bits per heavy atom. The lowest BCUT2D eigenvalue weighted by Gasteiger charge is -2.27. The molecule has 0 aliphatic carbocycles. The molecule has 0 radical (unpaired) electrons. The fourth-order valence-electron chi connectivity index (χ4n) is 4.23. The molecule has 3 aromatic rings. The highest BCUT2D eigenvalue weighted by atomic mass is 35.5. The Kier molecular flexibility index (Phi) is 8.87. The molecule has 2 atom stereocenters. The normalized spacial score (nSPS) is 16.9. The van der Waals surface area contributed by atoms with Crippen LogP contribution in [0.2, 0.25) is 10.0 Å². The van der Waals surface area contributed by atoms with E-state index in [0.717, 1.165) is 11.1 Å². The number of guanidine groups is 1. The number of aliphatic imine (C=N–C) groups is 1. The molecule has 1 heterocycles. The van der Waals surface area contributed by atoms with Crippen molar-refractivity contribution in [2.45, 2.75) is 37.6 Å². The van der Waals surface area contributed by atoms with Crippen molar-refractivity contribution in [3.63, 3.8) is 0 Å². The minimum atomic E-state index is -4.13. The van der Waals surface area contributed by atoms with Crippen molar-refractivity contribution in [3.05, 3.63) is 100 Å². The van der Waals surface area contributed by atoms with Gasteiger partial charge in [0.25, 0.3) is 10.0 Å². The number of halogens is 2. The van der Waals surface area contributed by atoms with E-state index in [1.54, 1.807) is 12.1 Å². The van der Waals surface area contributed by atoms with Crippen molar-refractivity contribution in [3.8, 4) is 0 Å². The van der Waals surface area contributed by atoms with E-state index in [1.165, 1.54) is 36.4 Å². The Labute approximate surface area is 244 Å². The summed E-state index contributed by atoms with van der Waals surface area (Å²) in [6.45, 7) is 5.73. The molecule has 3 aromatic carbocycles. The maximum Gasteiger partial charge on any atom is 0.331 e. The summed E-state index contributed by atoms with van der Waals surface area (Å²) in [5.41, 5.74) is 1.82. The summed E-state index contributed by atoms with van der Waals surface area (Å²) in [6.07, 6.45) is 0. The van der Waals surface area contributed by atoms with Gasteiger partial charge in [-0.1, -0.05) is 86.4 Å². The van der Waals surface area contributed by atoms with Crippen LogP contribution in [0, 0.1) is 5.41 Å². The Morgan fingerprint density at radius 2 is 1.57 bits per heavy atom. The molecule has 0 fully saturated rings. The summed E-state index contributed by atoms with van der Waals surface area (Å²) in [4.78, 5) is 17.4. The maximum absolute atomic E-state index is 13.5. The summed E-state index contributed by atoms with van der Waals surface area (Å²) < 4.78 is 34.6. The molecule has 1 N–H and O–H groups in total. The third-order valence-electron chi connectivity index (χ3n) is 6.35. The Morgan fingerprint density at radius 3 is 2.12 bits per heavy atom. The summed E-state index contributed by atoms with van der Waals surface area (Å²) in [5.74, 6) is -0.930. The molecule has 11 heteroatoms. The molecule has 0 bridgehead atoms. The predicted molar refractivity (Wildman–Crippen MR) is 158 cm³/mol. The van der Waals surface area contributed by atoms with Crippen LogP contribution in [0.5, 0.6) is 0 Å². The molecule has 8 nitrogen and oxygen atoms in total. The standard InChI is InChI=1S/C29H30Cl2N4O4S/c1-29(2,3)26(27(36)39-4)32-28(34-40(37,38)23-16-14-22(31)15-17-23)35-18-24(19-8-6-5-7-9-19)25(33-35)20-10-12-21(30)13-11-20/h5-17,24,26H,18H2,1-4H3,(H,32,34). The average molecular weight is 602 g/mol. The second kappa shape index (κ2) is 12.0. The maximum atomic E-state index is 13.5. The SMILES string of the molecule is COC(=O)C(N=C(NS(=O)(=O)c1ccc(Cl)cc1)N1CC(c2ccccc2)C(c2ccc(Cl)cc2)=N1)C(C)(C)C. The number of hydrogen-bond acceptors (Lipinski definition) is 6. The quantitative estimate of drug-likeness (QED) is 0.221. The third kappa shape index (κ3) is 6.83. The van der Waals surface area contributed by atoms with Gasteiger partial charge < -0.3 is 4.74 Å². The number of hydrazone groups is 1. The van der Waals surface area contributed by atoms with Gasteiger partial charge in [0.1, 0.15) is 0 Å². The molecule has 40 heavy (non-hydrogen) atoms. The van der Waals surface area contributed by atoms with Crippen LogP contribution in [0.4, 0.5) is 0 Å². The highest BCUT2D eigenvalue weighted by Gasteiger charge is 2.37. The first-order valence-corrected chi connectivity index (χ1v) is 14.7. The Bertz CT molecular complexity index is 1520. The summed E-state index contributed by atoms with van der Waals surface area (Å²) >= 11 is 12.1. The van der Waals surface area contributed by atoms with Crippen LogP contribution in [0.3, 0.4) is 0 Å². The first kappa shape index (κ1) is 29.6. The number of nitrogens with zero attached hydrogens (tertiary/aromatic N) is 3. The molecule has 0 saturated carbocycles. The number of benzene rings is 3. The molecule has 0 spiro atoms. The molecular formula is C29H30Cl2N4O4S. The monoisotopic (exact) mass is 600 g/mol. The van der Waals surface area contributed by atoms with E-state index >= 15 is 0 Å². The molecule has 1 aliphatic heterocycles. The van der Waals surface area contributed by atoms with Crippen molar-refractivity contribution in [1.29, 1.82) is 0 Å². The highest BCUT2D eigenvalue weighted by Crippen LogP contribution is 2.31. The number of carbonyl (C=O) groups is 1. The van der Waals surface area contributed by atoms with E-state index in [0.29, 0.717) is 15.8 Å². The third-order valence-corrected chi connectivity index (χ3v) is 8.19. The van der Waals surface area contributed by atoms with Gasteiger partial charge in [-0.15, -0.1) is 0 Å². The zero-order chi connectivity index (χ0) is 29.1. The lowest BCUT2D eigenvalue weighted by Crippen LogP contribution is -2.44. The molecular weight excluding hydrogens is 571 g/mol. The van der Waals surface area contributed by atoms with Gasteiger partial charge in [0.05, 0.1) is 24.3 Å². The van der Waals surface area contributed by atoms with E-state index in [1.807, 2.05) is 63.2 Å². The van der Waals surface area contributed by atoms with E-state index < -0.39 is 27.4 Å². The first-order valence-electron chi connectivity index (χ1n) is 12.5. The van der Waals surface area contributed by atoms with Gasteiger partial charge in [0.2, 0.25) is 5.96 Å². The van der Waals surface area contributed by atoms with Gasteiger partial charge in [-0.2, -0.15) is 5.10 Å². The smallest absolute Gasteiger partial charge is 0.331 e. The van der Waals surface area contributed by atoms with Crippen molar-refractivity contribution in [2.75, 3.05) is 13.7 Å². The lowest BCUT2D eigenvalue weighted by atomic mass is 9.87. The number of nitrogens with one attached hydrogen (secondary N) is 1. The predicted octanol–water partition coefficient (Wildman–Crippen LogP) is 5.72. The van der Waals surface area contributed by atoms with E-state index in [9.17, 15) is 13.2 Å². The topological polar surface area (TPSA) is 100 Å². The van der Waals surface area contributed by atoms with Crippen LogP contribution in [-0.4, -0.2) is 50.8 Å². The average Bonchev–Trinajstić information content (AvgIpc) is 3.36. The zero-order valence-electron chi connectivity index (χ0n) is 22.5. The van der Waals surface area contributed by atoms with Crippen LogP contribution in [-0.2, 0) is 19.6 Å². The van der Waals surface area contributed by atoms with Gasteiger partial charge in [-0.3, -0.25) is 0 Å². The first-order chi connectivity index (χ1) is 18.9. The van der Waals surface area contributed by atoms with Gasteiger partial charge in [-0.25, -0.2) is 27.9 Å². The number of hydrogen-bond donors (Lipinski definition) is 1. The van der Waals surface area contributed by atoms with Crippen LogP contribution >= 0.6 is 23.2 Å². The van der Waals surface area contributed by atoms with Crippen molar-refractivity contribution >= 4 is 50.9 Å². The molecule has 0 saturated heterocycles. The minimum absolute atomic E-state index is 0.0179.